The smallest absolute Gasteiger partial charge is 0.245 e. The van der Waals surface area contributed by atoms with Gasteiger partial charge in [0.2, 0.25) is 21.8 Å². The van der Waals surface area contributed by atoms with Gasteiger partial charge in [0.1, 0.15) is 17.8 Å². The van der Waals surface area contributed by atoms with Crippen LogP contribution in [0.25, 0.3) is 0 Å². The molecule has 2 unspecified atom stereocenters. The maximum absolute atomic E-state index is 12.8. The summed E-state index contributed by atoms with van der Waals surface area (Å²) in [6, 6.07) is 3.64. The number of morpholine rings is 1. The molecule has 1 aromatic carbocycles. The molecule has 1 aromatic rings. The van der Waals surface area contributed by atoms with Crippen molar-refractivity contribution in [3.05, 3.63) is 28.8 Å². The van der Waals surface area contributed by atoms with Gasteiger partial charge in [-0.15, -0.1) is 0 Å². The van der Waals surface area contributed by atoms with Gasteiger partial charge in [-0.1, -0.05) is 17.7 Å². The van der Waals surface area contributed by atoms with Crippen LogP contribution in [0.2, 0.25) is 5.02 Å². The van der Waals surface area contributed by atoms with Crippen molar-refractivity contribution in [1.82, 2.24) is 14.5 Å². The molecule has 0 radical (unpaired) electrons. The quantitative estimate of drug-likeness (QED) is 0.650. The summed E-state index contributed by atoms with van der Waals surface area (Å²) in [5.74, 6) is -0.440. The van der Waals surface area contributed by atoms with E-state index in [0.717, 1.165) is 5.56 Å². The Kier molecular flexibility index (Phi) is 6.43. The molecule has 3 aliphatic heterocycles. The Bertz CT molecular complexity index is 966. The van der Waals surface area contributed by atoms with Gasteiger partial charge in [-0.05, 0) is 25.5 Å². The highest BCUT2D eigenvalue weighted by Gasteiger charge is 2.40. The molecule has 9 nitrogen and oxygen atoms in total. The molecule has 3 heterocycles. The predicted molar refractivity (Wildman–Crippen MR) is 114 cm³/mol. The van der Waals surface area contributed by atoms with Crippen LogP contribution in [0.4, 0.5) is 0 Å². The van der Waals surface area contributed by atoms with Crippen LogP contribution >= 0.6 is 11.6 Å². The molecule has 1 N–H and O–H groups in total. The van der Waals surface area contributed by atoms with Crippen LogP contribution in [0, 0.1) is 0 Å². The summed E-state index contributed by atoms with van der Waals surface area (Å²) in [6.45, 7) is 4.22. The summed E-state index contributed by atoms with van der Waals surface area (Å²) in [7, 11) is -3.75. The molecule has 0 bridgehead atoms. The number of fused-ring (bicyclic) bond motifs is 1. The van der Waals surface area contributed by atoms with Gasteiger partial charge in [-0.2, -0.15) is 0 Å². The van der Waals surface area contributed by atoms with Crippen molar-refractivity contribution in [3.8, 4) is 5.75 Å². The summed E-state index contributed by atoms with van der Waals surface area (Å²) >= 11 is 5.96. The molecular formula is C20H26ClN3O6S. The van der Waals surface area contributed by atoms with Gasteiger partial charge in [-0.25, -0.2) is 13.1 Å². The number of carbonyl (C=O) groups is 2. The number of ether oxygens (including phenoxy) is 2. The number of amides is 2. The normalized spacial score (nSPS) is 24.8. The first-order valence-electron chi connectivity index (χ1n) is 10.3. The van der Waals surface area contributed by atoms with Gasteiger partial charge < -0.3 is 19.3 Å². The molecule has 2 saturated heterocycles. The molecular weight excluding hydrogens is 446 g/mol. The second kappa shape index (κ2) is 8.93. The van der Waals surface area contributed by atoms with Crippen molar-refractivity contribution in [2.24, 2.45) is 0 Å². The molecule has 3 aliphatic rings. The average Bonchev–Trinajstić information content (AvgIpc) is 3.30. The average molecular weight is 472 g/mol. The van der Waals surface area contributed by atoms with E-state index in [1.165, 1.54) is 4.90 Å². The van der Waals surface area contributed by atoms with E-state index < -0.39 is 22.1 Å². The summed E-state index contributed by atoms with van der Waals surface area (Å²) < 4.78 is 38.9. The van der Waals surface area contributed by atoms with Gasteiger partial charge in [0.25, 0.3) is 0 Å². The van der Waals surface area contributed by atoms with Crippen molar-refractivity contribution in [1.29, 1.82) is 0 Å². The number of likely N-dealkylation sites (tertiary alicyclic amines) is 1. The minimum Gasteiger partial charge on any atom is -0.493 e. The second-order valence-corrected chi connectivity index (χ2v) is 10.3. The van der Waals surface area contributed by atoms with Crippen molar-refractivity contribution >= 4 is 33.4 Å². The van der Waals surface area contributed by atoms with E-state index in [-0.39, 0.29) is 30.1 Å². The SMILES string of the molecule is CC(C(=O)N1CCOCC1)N1CC[C@H](NS(=O)(=O)CC2COc3cc(Cl)ccc32)C1=O. The Balaban J connectivity index is 1.36. The Labute approximate surface area is 186 Å². The van der Waals surface area contributed by atoms with Crippen LogP contribution in [0.5, 0.6) is 5.75 Å². The first-order valence-corrected chi connectivity index (χ1v) is 12.4. The van der Waals surface area contributed by atoms with E-state index in [9.17, 15) is 18.0 Å². The van der Waals surface area contributed by atoms with Crippen LogP contribution in [-0.2, 0) is 24.3 Å². The number of benzene rings is 1. The number of halogens is 1. The summed E-state index contributed by atoms with van der Waals surface area (Å²) in [5, 5.41) is 0.526. The fourth-order valence-corrected chi connectivity index (χ4v) is 6.01. The number of nitrogens with one attached hydrogen (secondary N) is 1. The molecule has 0 saturated carbocycles. The van der Waals surface area contributed by atoms with E-state index in [2.05, 4.69) is 4.72 Å². The number of sulfonamides is 1. The molecule has 170 valence electrons. The molecule has 0 aromatic heterocycles. The van der Waals surface area contributed by atoms with Crippen molar-refractivity contribution in [2.75, 3.05) is 45.2 Å². The van der Waals surface area contributed by atoms with Gasteiger partial charge in [-0.3, -0.25) is 9.59 Å². The minimum absolute atomic E-state index is 0.140. The molecule has 4 rings (SSSR count). The molecule has 3 atom stereocenters. The van der Waals surface area contributed by atoms with Crippen molar-refractivity contribution in [2.45, 2.75) is 31.3 Å². The maximum Gasteiger partial charge on any atom is 0.245 e. The Morgan fingerprint density at radius 3 is 2.77 bits per heavy atom. The Morgan fingerprint density at radius 2 is 2.03 bits per heavy atom. The third-order valence-electron chi connectivity index (χ3n) is 5.99. The van der Waals surface area contributed by atoms with Crippen LogP contribution in [0.15, 0.2) is 18.2 Å². The van der Waals surface area contributed by atoms with Gasteiger partial charge in [0, 0.05) is 36.1 Å². The van der Waals surface area contributed by atoms with E-state index in [4.69, 9.17) is 21.1 Å². The van der Waals surface area contributed by atoms with E-state index >= 15 is 0 Å². The maximum atomic E-state index is 12.8. The molecule has 2 amide bonds. The zero-order valence-corrected chi connectivity index (χ0v) is 18.8. The third kappa shape index (κ3) is 4.82. The van der Waals surface area contributed by atoms with Gasteiger partial charge >= 0.3 is 0 Å². The first kappa shape index (κ1) is 22.3. The largest absolute Gasteiger partial charge is 0.493 e. The van der Waals surface area contributed by atoms with Crippen molar-refractivity contribution < 1.29 is 27.5 Å². The Morgan fingerprint density at radius 1 is 1.29 bits per heavy atom. The van der Waals surface area contributed by atoms with Gasteiger partial charge in [0.15, 0.2) is 0 Å². The van der Waals surface area contributed by atoms with E-state index in [1.54, 1.807) is 30.0 Å². The Hall–Kier alpha value is -1.88. The lowest BCUT2D eigenvalue weighted by Gasteiger charge is -2.32. The topological polar surface area (TPSA) is 105 Å². The minimum atomic E-state index is -3.75. The second-order valence-electron chi connectivity index (χ2n) is 8.08. The fourth-order valence-electron chi connectivity index (χ4n) is 4.30. The molecule has 2 fully saturated rings. The number of rotatable bonds is 6. The van der Waals surface area contributed by atoms with Crippen molar-refractivity contribution in [3.63, 3.8) is 0 Å². The monoisotopic (exact) mass is 471 g/mol. The lowest BCUT2D eigenvalue weighted by atomic mass is 10.0. The van der Waals surface area contributed by atoms with Crippen LogP contribution in [0.1, 0.15) is 24.8 Å². The molecule has 11 heteroatoms. The standard InChI is InChI=1S/C20H26ClN3O6S/c1-13(19(25)23-6-8-29-9-7-23)24-5-4-17(20(24)26)22-31(27,28)12-14-11-30-18-10-15(21)2-3-16(14)18/h2-3,10,13-14,17,22H,4-9,11-12H2,1H3/t13?,14?,17-/m0/s1. The highest BCUT2D eigenvalue weighted by atomic mass is 35.5. The number of hydrogen-bond acceptors (Lipinski definition) is 6. The van der Waals surface area contributed by atoms with Crippen LogP contribution in [0.3, 0.4) is 0 Å². The molecule has 0 aliphatic carbocycles. The molecule has 0 spiro atoms. The highest BCUT2D eigenvalue weighted by molar-refractivity contribution is 7.89. The summed E-state index contributed by atoms with van der Waals surface area (Å²) in [4.78, 5) is 28.7. The van der Waals surface area contributed by atoms with E-state index in [0.29, 0.717) is 50.0 Å². The van der Waals surface area contributed by atoms with Crippen LogP contribution < -0.4 is 9.46 Å². The predicted octanol–water partition coefficient (Wildman–Crippen LogP) is 0.584. The van der Waals surface area contributed by atoms with Gasteiger partial charge in [0.05, 0.1) is 25.6 Å². The first-order chi connectivity index (χ1) is 14.7. The zero-order valence-electron chi connectivity index (χ0n) is 17.3. The fraction of sp³-hybridized carbons (Fsp3) is 0.600. The summed E-state index contributed by atoms with van der Waals surface area (Å²) in [5.41, 5.74) is 0.791. The number of hydrogen-bond donors (Lipinski definition) is 1. The third-order valence-corrected chi connectivity index (χ3v) is 7.71. The lowest BCUT2D eigenvalue weighted by molar-refractivity contribution is -0.146. The number of carbonyl (C=O) groups excluding carboxylic acids is 2. The highest BCUT2D eigenvalue weighted by Crippen LogP contribution is 2.36. The van der Waals surface area contributed by atoms with E-state index in [1.807, 2.05) is 0 Å². The zero-order chi connectivity index (χ0) is 22.2. The lowest BCUT2D eigenvalue weighted by Crippen LogP contribution is -2.52. The summed E-state index contributed by atoms with van der Waals surface area (Å²) in [6.07, 6.45) is 0.326. The number of nitrogens with zero attached hydrogens (tertiary/aromatic N) is 2. The van der Waals surface area contributed by atoms with Crippen LogP contribution in [-0.4, -0.2) is 87.3 Å². The molecule has 31 heavy (non-hydrogen) atoms.